The molecular weight excluding hydrogens is 481 g/mol. The predicted molar refractivity (Wildman–Crippen MR) is 126 cm³/mol. The van der Waals surface area contributed by atoms with E-state index in [0.717, 1.165) is 18.4 Å². The molecule has 196 valence electrons. The Balaban J connectivity index is 2.04. The fourth-order valence-corrected chi connectivity index (χ4v) is 3.96. The maximum atomic E-state index is 14.2. The number of benzene rings is 1. The van der Waals surface area contributed by atoms with Crippen LogP contribution in [0.2, 0.25) is 0 Å². The van der Waals surface area contributed by atoms with Gasteiger partial charge in [-0.2, -0.15) is 4.98 Å². The van der Waals surface area contributed by atoms with Crippen molar-refractivity contribution < 1.29 is 36.3 Å². The number of carbonyl (C=O) groups excluding carboxylic acids is 1. The van der Waals surface area contributed by atoms with E-state index in [-0.39, 0.29) is 36.0 Å². The van der Waals surface area contributed by atoms with Crippen molar-refractivity contribution in [2.24, 2.45) is 0 Å². The minimum atomic E-state index is -3.68. The highest BCUT2D eigenvalue weighted by atomic mass is 32.2. The first-order valence-corrected chi connectivity index (χ1v) is 13.0. The Kier molecular flexibility index (Phi) is 9.76. The van der Waals surface area contributed by atoms with Crippen LogP contribution in [0.5, 0.6) is 0 Å². The van der Waals surface area contributed by atoms with Gasteiger partial charge in [0.1, 0.15) is 22.9 Å². The first-order chi connectivity index (χ1) is 16.2. The van der Waals surface area contributed by atoms with Crippen molar-refractivity contribution in [2.75, 3.05) is 27.0 Å². The number of likely N-dealkylation sites (N-methyl/N-ethyl adjacent to an activating group) is 1. The number of ether oxygens (including phenoxy) is 3. The van der Waals surface area contributed by atoms with E-state index in [9.17, 15) is 17.6 Å². The maximum Gasteiger partial charge on any atom is 0.410 e. The van der Waals surface area contributed by atoms with Crippen LogP contribution < -0.4 is 0 Å². The third kappa shape index (κ3) is 8.55. The molecule has 2 aromatic rings. The number of carbonyl (C=O) groups is 1. The zero-order valence-electron chi connectivity index (χ0n) is 21.2. The van der Waals surface area contributed by atoms with Crippen LogP contribution in [0.3, 0.4) is 0 Å². The lowest BCUT2D eigenvalue weighted by atomic mass is 10.1. The van der Waals surface area contributed by atoms with E-state index in [4.69, 9.17) is 18.7 Å². The van der Waals surface area contributed by atoms with Crippen molar-refractivity contribution in [1.29, 1.82) is 0 Å². The Morgan fingerprint density at radius 2 is 1.97 bits per heavy atom. The second-order valence-electron chi connectivity index (χ2n) is 9.21. The summed E-state index contributed by atoms with van der Waals surface area (Å²) in [6.45, 7) is 7.66. The van der Waals surface area contributed by atoms with Crippen molar-refractivity contribution in [1.82, 2.24) is 15.0 Å². The number of hydrogen-bond acceptors (Lipinski definition) is 9. The molecule has 2 atom stereocenters. The minimum Gasteiger partial charge on any atom is -0.444 e. The van der Waals surface area contributed by atoms with Gasteiger partial charge in [0.05, 0.1) is 18.8 Å². The molecule has 0 bridgehead atoms. The number of amides is 1. The largest absolute Gasteiger partial charge is 0.444 e. The van der Waals surface area contributed by atoms with E-state index in [1.165, 1.54) is 11.0 Å². The molecule has 10 nitrogen and oxygen atoms in total. The zero-order chi connectivity index (χ0) is 26.4. The predicted octanol–water partition coefficient (Wildman–Crippen LogP) is 3.85. The minimum absolute atomic E-state index is 0.00522. The highest BCUT2D eigenvalue weighted by molar-refractivity contribution is 7.90. The molecule has 1 amide bonds. The molecule has 0 aliphatic heterocycles. The van der Waals surface area contributed by atoms with Crippen molar-refractivity contribution in [3.63, 3.8) is 0 Å². The molecule has 1 aromatic heterocycles. The van der Waals surface area contributed by atoms with Crippen LogP contribution in [0.15, 0.2) is 27.6 Å². The summed E-state index contributed by atoms with van der Waals surface area (Å²) >= 11 is 0. The molecule has 35 heavy (non-hydrogen) atoms. The lowest BCUT2D eigenvalue weighted by Gasteiger charge is -2.32. The van der Waals surface area contributed by atoms with Gasteiger partial charge >= 0.3 is 6.09 Å². The molecule has 1 heterocycles. The van der Waals surface area contributed by atoms with Crippen LogP contribution in [0, 0.1) is 5.82 Å². The molecule has 12 heteroatoms. The maximum absolute atomic E-state index is 14.2. The fraction of sp³-hybridized carbons (Fsp3) is 0.609. The topological polar surface area (TPSA) is 121 Å². The number of halogens is 1. The van der Waals surface area contributed by atoms with E-state index in [1.54, 1.807) is 34.9 Å². The van der Waals surface area contributed by atoms with E-state index >= 15 is 0 Å². The Hall–Kier alpha value is -2.57. The van der Waals surface area contributed by atoms with Crippen LogP contribution >= 0.6 is 0 Å². The third-order valence-corrected chi connectivity index (χ3v) is 6.21. The summed E-state index contributed by atoms with van der Waals surface area (Å²) in [5.41, 5.74) is -0.344. The number of methoxy groups -OCH3 is 1. The number of aromatic nitrogens is 2. The first kappa shape index (κ1) is 28.7. The number of sulfone groups is 1. The van der Waals surface area contributed by atoms with Gasteiger partial charge in [-0.25, -0.2) is 17.6 Å². The van der Waals surface area contributed by atoms with Gasteiger partial charge in [0.25, 0.3) is 5.89 Å². The van der Waals surface area contributed by atoms with Crippen molar-refractivity contribution in [3.8, 4) is 11.4 Å². The standard InChI is InChI=1S/C23H34FN3O7S/c1-8-17(12-16(13-31-6)27(5)22(28)33-23(2,3)4)32-14-20-25-21(26-34-20)15-9-10-19(18(24)11-15)35(7,29)30/h9-11,16-17H,8,12-14H2,1-7H3/t16?,17-/m1/s1. The van der Waals surface area contributed by atoms with Crippen molar-refractivity contribution >= 4 is 15.9 Å². The molecule has 0 spiro atoms. The lowest BCUT2D eigenvalue weighted by Crippen LogP contribution is -2.44. The quantitative estimate of drug-likeness (QED) is 0.439. The average Bonchev–Trinajstić information content (AvgIpc) is 3.22. The molecule has 0 saturated heterocycles. The van der Waals surface area contributed by atoms with Crippen LogP contribution in [-0.4, -0.2) is 74.3 Å². The molecule has 0 aliphatic rings. The Morgan fingerprint density at radius 3 is 2.51 bits per heavy atom. The molecule has 1 unspecified atom stereocenters. The summed E-state index contributed by atoms with van der Waals surface area (Å²) in [6.07, 6.45) is 1.37. The van der Waals surface area contributed by atoms with E-state index in [1.807, 2.05) is 6.92 Å². The highest BCUT2D eigenvalue weighted by Gasteiger charge is 2.28. The van der Waals surface area contributed by atoms with Crippen LogP contribution in [0.4, 0.5) is 9.18 Å². The monoisotopic (exact) mass is 515 g/mol. The molecule has 0 radical (unpaired) electrons. The average molecular weight is 516 g/mol. The summed E-state index contributed by atoms with van der Waals surface area (Å²) in [7, 11) is -0.470. The SMILES string of the molecule is CC[C@H](CC(COC)N(C)C(=O)OC(C)(C)C)OCc1nc(-c2ccc(S(C)(=O)=O)c(F)c2)no1. The Bertz CT molecular complexity index is 1100. The second-order valence-corrected chi connectivity index (χ2v) is 11.2. The summed E-state index contributed by atoms with van der Waals surface area (Å²) in [5.74, 6) is -0.607. The van der Waals surface area contributed by atoms with Gasteiger partial charge in [0, 0.05) is 26.0 Å². The van der Waals surface area contributed by atoms with Gasteiger partial charge in [-0.15, -0.1) is 0 Å². The van der Waals surface area contributed by atoms with Crippen molar-refractivity contribution in [2.45, 2.75) is 69.8 Å². The lowest BCUT2D eigenvalue weighted by molar-refractivity contribution is -0.0191. The molecule has 2 rings (SSSR count). The van der Waals surface area contributed by atoms with Crippen LogP contribution in [-0.2, 0) is 30.7 Å². The Morgan fingerprint density at radius 1 is 1.29 bits per heavy atom. The summed E-state index contributed by atoms with van der Waals surface area (Å²) in [5, 5.41) is 3.83. The molecule has 0 aliphatic carbocycles. The van der Waals surface area contributed by atoms with Crippen LogP contribution in [0.25, 0.3) is 11.4 Å². The second kappa shape index (κ2) is 11.9. The molecular formula is C23H34FN3O7S. The Labute approximate surface area is 205 Å². The van der Waals surface area contributed by atoms with Gasteiger partial charge in [-0.3, -0.25) is 0 Å². The van der Waals surface area contributed by atoms with E-state index in [2.05, 4.69) is 10.1 Å². The van der Waals surface area contributed by atoms with Gasteiger partial charge in [-0.05, 0) is 51.8 Å². The van der Waals surface area contributed by atoms with Gasteiger partial charge in [0.15, 0.2) is 9.84 Å². The summed E-state index contributed by atoms with van der Waals surface area (Å²) in [4.78, 5) is 17.8. The van der Waals surface area contributed by atoms with Gasteiger partial charge < -0.3 is 23.6 Å². The van der Waals surface area contributed by atoms with E-state index in [0.29, 0.717) is 19.4 Å². The molecule has 1 aromatic carbocycles. The van der Waals surface area contributed by atoms with Gasteiger partial charge in [0.2, 0.25) is 5.82 Å². The third-order valence-electron chi connectivity index (χ3n) is 5.08. The smallest absolute Gasteiger partial charge is 0.410 e. The fourth-order valence-electron chi connectivity index (χ4n) is 3.23. The first-order valence-electron chi connectivity index (χ1n) is 11.1. The summed E-state index contributed by atoms with van der Waals surface area (Å²) < 4.78 is 59.3. The zero-order valence-corrected chi connectivity index (χ0v) is 22.0. The number of nitrogens with zero attached hydrogens (tertiary/aromatic N) is 3. The molecule has 0 fully saturated rings. The van der Waals surface area contributed by atoms with Crippen LogP contribution in [0.1, 0.15) is 46.4 Å². The normalized spacial score (nSPS) is 13.9. The van der Waals surface area contributed by atoms with Crippen molar-refractivity contribution in [3.05, 3.63) is 29.9 Å². The van der Waals surface area contributed by atoms with Gasteiger partial charge in [-0.1, -0.05) is 12.1 Å². The summed E-state index contributed by atoms with van der Waals surface area (Å²) in [6, 6.07) is 3.33. The highest BCUT2D eigenvalue weighted by Crippen LogP contribution is 2.23. The molecule has 0 N–H and O–H groups in total. The number of hydrogen-bond donors (Lipinski definition) is 0. The number of rotatable bonds is 11. The molecule has 0 saturated carbocycles. The van der Waals surface area contributed by atoms with E-state index < -0.39 is 32.2 Å².